The van der Waals surface area contributed by atoms with Gasteiger partial charge in [-0.2, -0.15) is 0 Å². The molecule has 4 atom stereocenters. The van der Waals surface area contributed by atoms with Crippen molar-refractivity contribution in [3.8, 4) is 28.8 Å². The Morgan fingerprint density at radius 1 is 1.23 bits per heavy atom. The maximum atomic E-state index is 15.2. The maximum Gasteiger partial charge on any atom is 0.336 e. The van der Waals surface area contributed by atoms with Crippen LogP contribution in [0.4, 0.5) is 4.39 Å². The van der Waals surface area contributed by atoms with Gasteiger partial charge in [0.1, 0.15) is 29.7 Å². The minimum atomic E-state index is -1.17. The predicted octanol–water partition coefficient (Wildman–Crippen LogP) is 2.61. The van der Waals surface area contributed by atoms with Gasteiger partial charge in [-0.15, -0.1) is 5.10 Å². The molecule has 0 unspecified atom stereocenters. The second-order valence-corrected chi connectivity index (χ2v) is 8.87. The number of ether oxygens (including phenoxy) is 1. The number of nitrogens with one attached hydrogen (secondary N) is 1. The average molecular weight is 425 g/mol. The second kappa shape index (κ2) is 7.23. The second-order valence-electron chi connectivity index (χ2n) is 8.87. The molecule has 3 aromatic heterocycles. The first-order chi connectivity index (χ1) is 14.9. The number of hydrogen-bond acceptors (Lipinski definition) is 8. The standard InChI is InChI=1S/C21H24FN7O2/c1-20-4-3-5-21(2,28-20)18(22)16(9-20)31-19-25-11-14(26-27-19)13-10-24-17(8-15(13)30)29-7-6-23-12-29/h6-8,10-12,16,18,28H,3-5,9H2,1-2H3,(H,24,30)/t16-,18+,20-,21+/m1/s1. The molecule has 10 heteroatoms. The molecule has 5 rings (SSSR count). The molecule has 0 aromatic carbocycles. The van der Waals surface area contributed by atoms with E-state index in [0.29, 0.717) is 23.5 Å². The molecule has 0 amide bonds. The summed E-state index contributed by atoms with van der Waals surface area (Å²) in [4.78, 5) is 12.5. The first-order valence-corrected chi connectivity index (χ1v) is 10.3. The van der Waals surface area contributed by atoms with E-state index in [4.69, 9.17) is 4.74 Å². The van der Waals surface area contributed by atoms with E-state index in [1.165, 1.54) is 18.5 Å². The van der Waals surface area contributed by atoms with Crippen molar-refractivity contribution >= 4 is 0 Å². The quantitative estimate of drug-likeness (QED) is 0.656. The van der Waals surface area contributed by atoms with Gasteiger partial charge in [0.15, 0.2) is 6.17 Å². The van der Waals surface area contributed by atoms with Crippen molar-refractivity contribution in [2.75, 3.05) is 0 Å². The topological polar surface area (TPSA) is 111 Å². The maximum absolute atomic E-state index is 15.2. The van der Waals surface area contributed by atoms with Gasteiger partial charge in [-0.3, -0.25) is 4.57 Å². The molecular weight excluding hydrogens is 401 g/mol. The molecule has 0 radical (unpaired) electrons. The Bertz CT molecular complexity index is 1080. The summed E-state index contributed by atoms with van der Waals surface area (Å²) in [5.74, 6) is 0.506. The molecule has 2 saturated heterocycles. The Labute approximate surface area is 178 Å². The number of alkyl halides is 1. The fourth-order valence-corrected chi connectivity index (χ4v) is 4.82. The molecule has 9 nitrogen and oxygen atoms in total. The third kappa shape index (κ3) is 3.60. The summed E-state index contributed by atoms with van der Waals surface area (Å²) in [6, 6.07) is 1.53. The third-order valence-electron chi connectivity index (χ3n) is 6.31. The highest BCUT2D eigenvalue weighted by Gasteiger charge is 2.53. The Balaban J connectivity index is 1.34. The molecule has 31 heavy (non-hydrogen) atoms. The smallest absolute Gasteiger partial charge is 0.336 e. The predicted molar refractivity (Wildman–Crippen MR) is 110 cm³/mol. The zero-order chi connectivity index (χ0) is 21.6. The van der Waals surface area contributed by atoms with Crippen LogP contribution in [0, 0.1) is 0 Å². The number of aromatic hydroxyl groups is 1. The van der Waals surface area contributed by atoms with Crippen LogP contribution in [-0.2, 0) is 0 Å². The fraction of sp³-hybridized carbons (Fsp3) is 0.476. The van der Waals surface area contributed by atoms with E-state index in [1.54, 1.807) is 23.3 Å². The van der Waals surface area contributed by atoms with Crippen LogP contribution < -0.4 is 10.1 Å². The number of rotatable bonds is 4. The lowest BCUT2D eigenvalue weighted by Crippen LogP contribution is -2.71. The van der Waals surface area contributed by atoms with Crippen LogP contribution in [0.1, 0.15) is 39.5 Å². The van der Waals surface area contributed by atoms with Gasteiger partial charge in [0.05, 0.1) is 17.3 Å². The van der Waals surface area contributed by atoms with Gasteiger partial charge in [0.25, 0.3) is 0 Å². The summed E-state index contributed by atoms with van der Waals surface area (Å²) < 4.78 is 22.7. The minimum Gasteiger partial charge on any atom is -0.507 e. The van der Waals surface area contributed by atoms with Gasteiger partial charge in [-0.25, -0.2) is 19.3 Å². The number of fused-ring (bicyclic) bond motifs is 2. The van der Waals surface area contributed by atoms with Crippen molar-refractivity contribution in [2.24, 2.45) is 0 Å². The summed E-state index contributed by atoms with van der Waals surface area (Å²) in [6.07, 6.45) is 9.33. The lowest BCUT2D eigenvalue weighted by atomic mass is 9.69. The first kappa shape index (κ1) is 19.8. The van der Waals surface area contributed by atoms with Gasteiger partial charge >= 0.3 is 6.01 Å². The molecule has 0 saturated carbocycles. The summed E-state index contributed by atoms with van der Waals surface area (Å²) in [5.41, 5.74) is -0.0533. The highest BCUT2D eigenvalue weighted by atomic mass is 19.1. The normalized spacial score (nSPS) is 30.2. The van der Waals surface area contributed by atoms with Gasteiger partial charge in [0, 0.05) is 36.6 Å². The van der Waals surface area contributed by atoms with E-state index in [-0.39, 0.29) is 17.3 Å². The molecule has 2 fully saturated rings. The number of piperidine rings is 2. The van der Waals surface area contributed by atoms with E-state index in [9.17, 15) is 5.11 Å². The highest BCUT2D eigenvalue weighted by Crippen LogP contribution is 2.42. The lowest BCUT2D eigenvalue weighted by Gasteiger charge is -2.54. The summed E-state index contributed by atoms with van der Waals surface area (Å²) >= 11 is 0. The Kier molecular flexibility index (Phi) is 4.62. The van der Waals surface area contributed by atoms with Crippen molar-refractivity contribution in [3.05, 3.63) is 37.2 Å². The highest BCUT2D eigenvalue weighted by molar-refractivity contribution is 5.65. The molecule has 2 bridgehead atoms. The average Bonchev–Trinajstić information content (AvgIpc) is 3.27. The number of pyridine rings is 1. The van der Waals surface area contributed by atoms with E-state index in [0.717, 1.165) is 19.3 Å². The number of aromatic nitrogens is 6. The van der Waals surface area contributed by atoms with Crippen LogP contribution in [-0.4, -0.2) is 58.2 Å². The van der Waals surface area contributed by atoms with E-state index >= 15 is 4.39 Å². The summed E-state index contributed by atoms with van der Waals surface area (Å²) in [5, 5.41) is 22.0. The van der Waals surface area contributed by atoms with Gasteiger partial charge in [-0.05, 0) is 33.1 Å². The van der Waals surface area contributed by atoms with Gasteiger partial charge < -0.3 is 15.2 Å². The molecule has 2 aliphatic rings. The van der Waals surface area contributed by atoms with Crippen molar-refractivity contribution in [3.63, 3.8) is 0 Å². The SMILES string of the molecule is C[C@]12CCC[C@](C)(N1)[C@@H](F)[C@H](Oc1ncc(-c3cnc(-n4ccnc4)cc3O)nn1)C2. The van der Waals surface area contributed by atoms with Crippen LogP contribution in [0.25, 0.3) is 17.1 Å². The Morgan fingerprint density at radius 3 is 2.81 bits per heavy atom. The number of hydrogen-bond donors (Lipinski definition) is 2. The monoisotopic (exact) mass is 425 g/mol. The minimum absolute atomic E-state index is 0.0145. The molecular formula is C21H24FN7O2. The van der Waals surface area contributed by atoms with Gasteiger partial charge in [0.2, 0.25) is 0 Å². The Hall–Kier alpha value is -3.14. The summed E-state index contributed by atoms with van der Waals surface area (Å²) in [7, 11) is 0. The molecule has 162 valence electrons. The molecule has 5 heterocycles. The largest absolute Gasteiger partial charge is 0.507 e. The van der Waals surface area contributed by atoms with Crippen molar-refractivity contribution < 1.29 is 14.2 Å². The van der Waals surface area contributed by atoms with Gasteiger partial charge in [-0.1, -0.05) is 5.10 Å². The number of nitrogens with zero attached hydrogens (tertiary/aromatic N) is 6. The van der Waals surface area contributed by atoms with E-state index in [2.05, 4.69) is 37.4 Å². The third-order valence-corrected chi connectivity index (χ3v) is 6.31. The molecule has 0 spiro atoms. The van der Waals surface area contributed by atoms with Crippen molar-refractivity contribution in [1.29, 1.82) is 0 Å². The van der Waals surface area contributed by atoms with Crippen LogP contribution in [0.3, 0.4) is 0 Å². The molecule has 0 aliphatic carbocycles. The van der Waals surface area contributed by atoms with E-state index < -0.39 is 17.8 Å². The molecule has 3 aromatic rings. The van der Waals surface area contributed by atoms with Crippen LogP contribution in [0.2, 0.25) is 0 Å². The van der Waals surface area contributed by atoms with Crippen molar-refractivity contribution in [2.45, 2.75) is 62.9 Å². The van der Waals surface area contributed by atoms with Crippen LogP contribution >= 0.6 is 0 Å². The van der Waals surface area contributed by atoms with E-state index in [1.807, 2.05) is 6.92 Å². The van der Waals surface area contributed by atoms with Crippen LogP contribution in [0.5, 0.6) is 11.8 Å². The Morgan fingerprint density at radius 2 is 2.10 bits per heavy atom. The zero-order valence-corrected chi connectivity index (χ0v) is 17.4. The zero-order valence-electron chi connectivity index (χ0n) is 17.4. The van der Waals surface area contributed by atoms with Crippen molar-refractivity contribution in [1.82, 2.24) is 35.0 Å². The lowest BCUT2D eigenvalue weighted by molar-refractivity contribution is -0.0641. The summed E-state index contributed by atoms with van der Waals surface area (Å²) in [6.45, 7) is 4.02. The van der Waals surface area contributed by atoms with Crippen LogP contribution in [0.15, 0.2) is 37.2 Å². The first-order valence-electron chi connectivity index (χ1n) is 10.3. The molecule has 2 N–H and O–H groups in total. The molecule has 2 aliphatic heterocycles. The number of imidazole rings is 1. The fourth-order valence-electron chi connectivity index (χ4n) is 4.82. The number of halogens is 1.